The van der Waals surface area contributed by atoms with Gasteiger partial charge in [-0.1, -0.05) is 6.92 Å². The molecule has 0 radical (unpaired) electrons. The molecule has 88 valence electrons. The highest BCUT2D eigenvalue weighted by molar-refractivity contribution is 14.1. The number of amides is 1. The highest BCUT2D eigenvalue weighted by Gasteiger charge is 2.25. The molecule has 1 aromatic heterocycles. The third-order valence-corrected chi connectivity index (χ3v) is 3.72. The largest absolute Gasteiger partial charge is 0.337 e. The van der Waals surface area contributed by atoms with Crippen molar-refractivity contribution in [2.75, 3.05) is 13.1 Å². The molecule has 1 unspecified atom stereocenters. The first kappa shape index (κ1) is 11.9. The molecule has 1 atom stereocenters. The number of aromatic nitrogens is 2. The fraction of sp³-hybridized carbons (Fsp3) is 0.636. The summed E-state index contributed by atoms with van der Waals surface area (Å²) in [5.74, 6) is 0.690. The van der Waals surface area contributed by atoms with E-state index in [4.69, 9.17) is 0 Å². The van der Waals surface area contributed by atoms with E-state index in [-0.39, 0.29) is 5.91 Å². The van der Waals surface area contributed by atoms with Crippen LogP contribution in [0.5, 0.6) is 0 Å². The molecule has 0 aromatic carbocycles. The number of carbonyl (C=O) groups is 1. The Morgan fingerprint density at radius 3 is 2.94 bits per heavy atom. The lowest BCUT2D eigenvalue weighted by atomic mass is 10.0. The van der Waals surface area contributed by atoms with Crippen LogP contribution in [0.15, 0.2) is 6.20 Å². The summed E-state index contributed by atoms with van der Waals surface area (Å²) in [5.41, 5.74) is 0.595. The zero-order valence-electron chi connectivity index (χ0n) is 9.61. The van der Waals surface area contributed by atoms with Crippen molar-refractivity contribution in [1.82, 2.24) is 14.7 Å². The van der Waals surface area contributed by atoms with Crippen molar-refractivity contribution in [3.8, 4) is 0 Å². The molecule has 1 saturated heterocycles. The van der Waals surface area contributed by atoms with Crippen LogP contribution >= 0.6 is 22.6 Å². The lowest BCUT2D eigenvalue weighted by Gasteiger charge is -2.30. The first-order valence-corrected chi connectivity index (χ1v) is 6.64. The summed E-state index contributed by atoms with van der Waals surface area (Å²) in [7, 11) is 1.85. The second kappa shape index (κ2) is 4.73. The molecule has 0 aliphatic carbocycles. The van der Waals surface area contributed by atoms with Gasteiger partial charge >= 0.3 is 0 Å². The third kappa shape index (κ3) is 2.39. The predicted molar refractivity (Wildman–Crippen MR) is 70.2 cm³/mol. The molecule has 2 rings (SSSR count). The molecule has 1 aliphatic heterocycles. The van der Waals surface area contributed by atoms with E-state index in [0.29, 0.717) is 11.6 Å². The molecule has 1 amide bonds. The number of hydrogen-bond donors (Lipinski definition) is 0. The minimum atomic E-state index is 0.0801. The minimum Gasteiger partial charge on any atom is -0.337 e. The van der Waals surface area contributed by atoms with Crippen LogP contribution in [-0.4, -0.2) is 33.7 Å². The van der Waals surface area contributed by atoms with Crippen LogP contribution in [0.25, 0.3) is 0 Å². The van der Waals surface area contributed by atoms with Crippen molar-refractivity contribution < 1.29 is 4.79 Å². The Hall–Kier alpha value is -0.590. The zero-order valence-corrected chi connectivity index (χ0v) is 11.8. The number of piperidine rings is 1. The number of rotatable bonds is 1. The topological polar surface area (TPSA) is 38.1 Å². The summed E-state index contributed by atoms with van der Waals surface area (Å²) in [6.45, 7) is 3.93. The van der Waals surface area contributed by atoms with Gasteiger partial charge in [-0.2, -0.15) is 5.10 Å². The van der Waals surface area contributed by atoms with E-state index in [2.05, 4.69) is 34.6 Å². The van der Waals surface area contributed by atoms with Crippen molar-refractivity contribution in [2.45, 2.75) is 19.8 Å². The lowest BCUT2D eigenvalue weighted by Crippen LogP contribution is -2.39. The fourth-order valence-electron chi connectivity index (χ4n) is 2.13. The number of nitrogens with zero attached hydrogens (tertiary/aromatic N) is 3. The average molecular weight is 333 g/mol. The van der Waals surface area contributed by atoms with Gasteiger partial charge in [-0.3, -0.25) is 9.48 Å². The van der Waals surface area contributed by atoms with Gasteiger partial charge in [0.05, 0.1) is 3.57 Å². The van der Waals surface area contributed by atoms with E-state index in [1.807, 2.05) is 18.1 Å². The number of carbonyl (C=O) groups excluding carboxylic acids is 1. The Morgan fingerprint density at radius 1 is 1.62 bits per heavy atom. The molecule has 1 aliphatic rings. The first-order chi connectivity index (χ1) is 7.58. The van der Waals surface area contributed by atoms with Gasteiger partial charge < -0.3 is 4.90 Å². The molecule has 1 aromatic rings. The van der Waals surface area contributed by atoms with Crippen LogP contribution in [0.3, 0.4) is 0 Å². The molecule has 0 saturated carbocycles. The van der Waals surface area contributed by atoms with E-state index in [0.717, 1.165) is 23.1 Å². The van der Waals surface area contributed by atoms with E-state index in [1.165, 1.54) is 6.42 Å². The van der Waals surface area contributed by atoms with E-state index < -0.39 is 0 Å². The maximum absolute atomic E-state index is 12.2. The molecule has 2 heterocycles. The van der Waals surface area contributed by atoms with Crippen LogP contribution in [0.2, 0.25) is 0 Å². The highest BCUT2D eigenvalue weighted by Crippen LogP contribution is 2.19. The normalized spacial score (nSPS) is 21.2. The Bertz CT molecular complexity index is 402. The minimum absolute atomic E-state index is 0.0801. The average Bonchev–Trinajstić information content (AvgIpc) is 2.57. The Balaban J connectivity index is 2.15. The lowest BCUT2D eigenvalue weighted by molar-refractivity contribution is 0.0675. The van der Waals surface area contributed by atoms with Crippen LogP contribution < -0.4 is 0 Å². The van der Waals surface area contributed by atoms with Gasteiger partial charge in [0.15, 0.2) is 5.69 Å². The van der Waals surface area contributed by atoms with Crippen molar-refractivity contribution in [3.63, 3.8) is 0 Å². The van der Waals surface area contributed by atoms with Gasteiger partial charge in [0.25, 0.3) is 5.91 Å². The monoisotopic (exact) mass is 333 g/mol. The van der Waals surface area contributed by atoms with Gasteiger partial charge in [0.1, 0.15) is 0 Å². The molecule has 16 heavy (non-hydrogen) atoms. The second-order valence-corrected chi connectivity index (χ2v) is 5.66. The van der Waals surface area contributed by atoms with Crippen LogP contribution in [-0.2, 0) is 7.05 Å². The Kier molecular flexibility index (Phi) is 3.51. The number of likely N-dealkylation sites (tertiary alicyclic amines) is 1. The summed E-state index contributed by atoms with van der Waals surface area (Å²) in [4.78, 5) is 14.2. The van der Waals surface area contributed by atoms with Crippen molar-refractivity contribution in [2.24, 2.45) is 13.0 Å². The van der Waals surface area contributed by atoms with Crippen LogP contribution in [0.1, 0.15) is 30.3 Å². The molecule has 0 N–H and O–H groups in total. The van der Waals surface area contributed by atoms with Gasteiger partial charge in [0.2, 0.25) is 0 Å². The molecule has 0 spiro atoms. The number of aryl methyl sites for hydroxylation is 1. The number of hydrogen-bond acceptors (Lipinski definition) is 2. The summed E-state index contributed by atoms with van der Waals surface area (Å²) in [6, 6.07) is 0. The Labute approximate surface area is 109 Å². The smallest absolute Gasteiger partial charge is 0.275 e. The van der Waals surface area contributed by atoms with E-state index in [1.54, 1.807) is 4.68 Å². The van der Waals surface area contributed by atoms with Crippen LogP contribution in [0.4, 0.5) is 0 Å². The Morgan fingerprint density at radius 2 is 2.38 bits per heavy atom. The summed E-state index contributed by atoms with van der Waals surface area (Å²) in [5, 5.41) is 4.23. The molecule has 5 heteroatoms. The van der Waals surface area contributed by atoms with Crippen LogP contribution in [0, 0.1) is 9.49 Å². The van der Waals surface area contributed by atoms with Crippen molar-refractivity contribution in [3.05, 3.63) is 15.5 Å². The van der Waals surface area contributed by atoms with Crippen molar-refractivity contribution in [1.29, 1.82) is 0 Å². The molecule has 4 nitrogen and oxygen atoms in total. The van der Waals surface area contributed by atoms with E-state index in [9.17, 15) is 4.79 Å². The van der Waals surface area contributed by atoms with Gasteiger partial charge in [-0.15, -0.1) is 0 Å². The van der Waals surface area contributed by atoms with Crippen molar-refractivity contribution >= 4 is 28.5 Å². The summed E-state index contributed by atoms with van der Waals surface area (Å²) >= 11 is 2.17. The number of halogens is 1. The van der Waals surface area contributed by atoms with Gasteiger partial charge in [-0.05, 0) is 41.4 Å². The zero-order chi connectivity index (χ0) is 11.7. The second-order valence-electron chi connectivity index (χ2n) is 4.50. The third-order valence-electron chi connectivity index (χ3n) is 2.93. The van der Waals surface area contributed by atoms with E-state index >= 15 is 0 Å². The maximum atomic E-state index is 12.2. The van der Waals surface area contributed by atoms with Gasteiger partial charge in [-0.25, -0.2) is 0 Å². The highest BCUT2D eigenvalue weighted by atomic mass is 127. The molecule has 1 fully saturated rings. The molecular formula is C11H16IN3O. The fourth-order valence-corrected chi connectivity index (χ4v) is 2.87. The molecule has 0 bridgehead atoms. The quantitative estimate of drug-likeness (QED) is 0.737. The van der Waals surface area contributed by atoms with Gasteiger partial charge in [0, 0.05) is 26.3 Å². The maximum Gasteiger partial charge on any atom is 0.275 e. The first-order valence-electron chi connectivity index (χ1n) is 5.56. The summed E-state index contributed by atoms with van der Waals surface area (Å²) < 4.78 is 2.63. The predicted octanol–water partition coefficient (Wildman–Crippen LogP) is 1.90. The standard InChI is InChI=1S/C11H16IN3O/c1-8-4-3-5-15(6-8)11(16)10-9(12)7-14(2)13-10/h7-8H,3-6H2,1-2H3. The summed E-state index contributed by atoms with van der Waals surface area (Å²) in [6.07, 6.45) is 4.21. The molecular weight excluding hydrogens is 317 g/mol. The SMILES string of the molecule is CC1CCCN(C(=O)c2nn(C)cc2I)C1.